The number of hydrogen-bond acceptors (Lipinski definition) is 5. The molecule has 7 nitrogen and oxygen atoms in total. The highest BCUT2D eigenvalue weighted by Gasteiger charge is 2.33. The van der Waals surface area contributed by atoms with Gasteiger partial charge in [0.05, 0.1) is 6.61 Å². The molecule has 0 heterocycles. The normalized spacial score (nSPS) is 21.7. The van der Waals surface area contributed by atoms with E-state index in [0.29, 0.717) is 35.8 Å². The maximum atomic E-state index is 13.1. The summed E-state index contributed by atoms with van der Waals surface area (Å²) in [6.07, 6.45) is 2.71. The van der Waals surface area contributed by atoms with Crippen molar-refractivity contribution in [3.63, 3.8) is 0 Å². The van der Waals surface area contributed by atoms with E-state index in [4.69, 9.17) is 9.47 Å². The molecule has 1 saturated carbocycles. The van der Waals surface area contributed by atoms with Crippen molar-refractivity contribution in [2.75, 3.05) is 13.2 Å². The van der Waals surface area contributed by atoms with Crippen molar-refractivity contribution < 1.29 is 23.9 Å². The van der Waals surface area contributed by atoms with E-state index in [2.05, 4.69) is 31.4 Å². The van der Waals surface area contributed by atoms with Crippen LogP contribution in [0.25, 0.3) is 0 Å². The molecule has 1 unspecified atom stereocenters. The van der Waals surface area contributed by atoms with E-state index in [0.717, 1.165) is 12.8 Å². The molecule has 7 heteroatoms. The van der Waals surface area contributed by atoms with Crippen molar-refractivity contribution in [1.29, 1.82) is 0 Å². The zero-order valence-electron chi connectivity index (χ0n) is 20.9. The van der Waals surface area contributed by atoms with E-state index >= 15 is 0 Å². The number of hydrogen-bond donors (Lipinski definition) is 2. The van der Waals surface area contributed by atoms with E-state index in [9.17, 15) is 14.4 Å². The van der Waals surface area contributed by atoms with Gasteiger partial charge in [-0.1, -0.05) is 57.5 Å². The minimum Gasteiger partial charge on any atom is -0.464 e. The van der Waals surface area contributed by atoms with Crippen LogP contribution in [0, 0.1) is 23.7 Å². The summed E-state index contributed by atoms with van der Waals surface area (Å²) < 4.78 is 10.9. The van der Waals surface area contributed by atoms with Crippen molar-refractivity contribution in [1.82, 2.24) is 10.6 Å². The number of esters is 1. The average Bonchev–Trinajstić information content (AvgIpc) is 2.73. The lowest BCUT2D eigenvalue weighted by Crippen LogP contribution is -2.43. The van der Waals surface area contributed by atoms with E-state index in [1.165, 1.54) is 6.42 Å². The summed E-state index contributed by atoms with van der Waals surface area (Å²) in [6.45, 7) is 12.0. The molecule has 2 N–H and O–H groups in total. The molecule has 2 rings (SSSR count). The maximum absolute atomic E-state index is 13.1. The number of nitrogens with one attached hydrogen (secondary N) is 2. The number of amides is 2. The van der Waals surface area contributed by atoms with Crippen LogP contribution in [0.4, 0.5) is 4.79 Å². The SMILES string of the molecule is CC(C)[C@@H]1CC[C@@H](C)C[C@H]1COC(=O)C(NC(=O)CNC(=O)OC(C)(C)C)c1ccccc1. The molecule has 184 valence electrons. The fourth-order valence-electron chi connectivity index (χ4n) is 4.47. The fourth-order valence-corrected chi connectivity index (χ4v) is 4.47. The Balaban J connectivity index is 2.01. The van der Waals surface area contributed by atoms with Gasteiger partial charge in [0.1, 0.15) is 12.1 Å². The van der Waals surface area contributed by atoms with Gasteiger partial charge in [0.2, 0.25) is 5.91 Å². The Morgan fingerprint density at radius 1 is 1.09 bits per heavy atom. The molecule has 2 amide bonds. The van der Waals surface area contributed by atoms with Crippen LogP contribution < -0.4 is 10.6 Å². The monoisotopic (exact) mass is 460 g/mol. The van der Waals surface area contributed by atoms with Crippen LogP contribution in [0.2, 0.25) is 0 Å². The molecular weight excluding hydrogens is 420 g/mol. The highest BCUT2D eigenvalue weighted by Crippen LogP contribution is 2.38. The van der Waals surface area contributed by atoms with Crippen LogP contribution >= 0.6 is 0 Å². The second-order valence-corrected chi connectivity index (χ2v) is 10.5. The maximum Gasteiger partial charge on any atom is 0.408 e. The molecule has 1 aliphatic carbocycles. The van der Waals surface area contributed by atoms with E-state index in [1.807, 2.05) is 6.07 Å². The summed E-state index contributed by atoms with van der Waals surface area (Å²) in [4.78, 5) is 37.4. The van der Waals surface area contributed by atoms with Gasteiger partial charge in [-0.05, 0) is 62.8 Å². The largest absolute Gasteiger partial charge is 0.464 e. The summed E-state index contributed by atoms with van der Waals surface area (Å²) in [6, 6.07) is 8.04. The Bertz CT molecular complexity index is 788. The molecule has 0 bridgehead atoms. The van der Waals surface area contributed by atoms with Gasteiger partial charge in [-0.15, -0.1) is 0 Å². The standard InChI is InChI=1S/C26H40N2O5/c1-17(2)21-13-12-18(3)14-20(21)16-32-24(30)23(19-10-8-7-9-11-19)28-22(29)15-27-25(31)33-26(4,5)6/h7-11,17-18,20-21,23H,12-16H2,1-6H3,(H,27,31)(H,28,29)/t18-,20+,21+,23?/m1/s1. The van der Waals surface area contributed by atoms with Gasteiger partial charge in [0, 0.05) is 0 Å². The fraction of sp³-hybridized carbons (Fsp3) is 0.654. The summed E-state index contributed by atoms with van der Waals surface area (Å²) >= 11 is 0. The molecule has 0 aliphatic heterocycles. The lowest BCUT2D eigenvalue weighted by molar-refractivity contribution is -0.150. The van der Waals surface area contributed by atoms with Crippen molar-refractivity contribution >= 4 is 18.0 Å². The van der Waals surface area contributed by atoms with Gasteiger partial charge in [-0.3, -0.25) is 4.79 Å². The van der Waals surface area contributed by atoms with Gasteiger partial charge >= 0.3 is 12.1 Å². The van der Waals surface area contributed by atoms with Crippen molar-refractivity contribution in [3.8, 4) is 0 Å². The second-order valence-electron chi connectivity index (χ2n) is 10.5. The molecule has 1 aromatic carbocycles. The minimum atomic E-state index is -0.947. The van der Waals surface area contributed by atoms with Gasteiger partial charge in [-0.2, -0.15) is 0 Å². The minimum absolute atomic E-state index is 0.304. The number of ether oxygens (including phenoxy) is 2. The average molecular weight is 461 g/mol. The smallest absolute Gasteiger partial charge is 0.408 e. The zero-order chi connectivity index (χ0) is 24.6. The third-order valence-corrected chi connectivity index (χ3v) is 6.07. The lowest BCUT2D eigenvalue weighted by Gasteiger charge is -2.37. The van der Waals surface area contributed by atoms with Gasteiger partial charge in [0.25, 0.3) is 0 Å². The molecular formula is C26H40N2O5. The molecule has 1 aromatic rings. The number of alkyl carbamates (subject to hydrolysis) is 1. The summed E-state index contributed by atoms with van der Waals surface area (Å²) in [7, 11) is 0. The first kappa shape index (κ1) is 26.7. The number of carbonyl (C=O) groups is 3. The van der Waals surface area contributed by atoms with E-state index in [-0.39, 0.29) is 6.54 Å². The van der Waals surface area contributed by atoms with Crippen molar-refractivity contribution in [2.24, 2.45) is 23.7 Å². The van der Waals surface area contributed by atoms with Gasteiger partial charge in [0.15, 0.2) is 6.04 Å². The summed E-state index contributed by atoms with van der Waals surface area (Å²) in [5.41, 5.74) is -0.0351. The number of rotatable bonds is 8. The molecule has 0 spiro atoms. The van der Waals surface area contributed by atoms with Crippen LogP contribution in [-0.2, 0) is 19.1 Å². The Kier molecular flexibility index (Phi) is 9.74. The molecule has 1 aliphatic rings. The Labute approximate surface area is 198 Å². The Morgan fingerprint density at radius 2 is 1.76 bits per heavy atom. The summed E-state index contributed by atoms with van der Waals surface area (Å²) in [5.74, 6) is 0.998. The predicted molar refractivity (Wildman–Crippen MR) is 127 cm³/mol. The van der Waals surface area contributed by atoms with Crippen molar-refractivity contribution in [2.45, 2.75) is 72.4 Å². The third-order valence-electron chi connectivity index (χ3n) is 6.07. The summed E-state index contributed by atoms with van der Waals surface area (Å²) in [5, 5.41) is 5.11. The molecule has 1 fully saturated rings. The molecule has 0 radical (unpaired) electrons. The van der Waals surface area contributed by atoms with Crippen LogP contribution in [0.5, 0.6) is 0 Å². The van der Waals surface area contributed by atoms with Crippen LogP contribution in [0.3, 0.4) is 0 Å². The lowest BCUT2D eigenvalue weighted by atomic mass is 9.70. The highest BCUT2D eigenvalue weighted by molar-refractivity contribution is 5.88. The Morgan fingerprint density at radius 3 is 2.36 bits per heavy atom. The number of benzene rings is 1. The highest BCUT2D eigenvalue weighted by atomic mass is 16.6. The first-order valence-electron chi connectivity index (χ1n) is 11.9. The molecule has 33 heavy (non-hydrogen) atoms. The van der Waals surface area contributed by atoms with E-state index in [1.54, 1.807) is 45.0 Å². The second kappa shape index (κ2) is 12.1. The van der Waals surface area contributed by atoms with Crippen LogP contribution in [0.1, 0.15) is 72.4 Å². The molecule has 0 aromatic heterocycles. The molecule has 0 saturated heterocycles. The predicted octanol–water partition coefficient (Wildman–Crippen LogP) is 4.62. The third kappa shape index (κ3) is 9.06. The van der Waals surface area contributed by atoms with E-state index < -0.39 is 29.6 Å². The number of carbonyl (C=O) groups excluding carboxylic acids is 3. The first-order chi connectivity index (χ1) is 15.5. The van der Waals surface area contributed by atoms with Crippen LogP contribution in [0.15, 0.2) is 30.3 Å². The Hall–Kier alpha value is -2.57. The van der Waals surface area contributed by atoms with Gasteiger partial charge < -0.3 is 20.1 Å². The first-order valence-corrected chi connectivity index (χ1v) is 11.9. The van der Waals surface area contributed by atoms with Gasteiger partial charge in [-0.25, -0.2) is 9.59 Å². The zero-order valence-corrected chi connectivity index (χ0v) is 20.9. The van der Waals surface area contributed by atoms with Crippen LogP contribution in [-0.4, -0.2) is 36.7 Å². The van der Waals surface area contributed by atoms with Crippen molar-refractivity contribution in [3.05, 3.63) is 35.9 Å². The topological polar surface area (TPSA) is 93.7 Å². The molecule has 4 atom stereocenters. The quantitative estimate of drug-likeness (QED) is 0.552.